The Labute approximate surface area is 162 Å². The number of carbonyl (C=O) groups is 2. The van der Waals surface area contributed by atoms with Gasteiger partial charge in [-0.1, -0.05) is 17.7 Å². The molecule has 5 nitrogen and oxygen atoms in total. The standard InChI is InChI=1S/C21H21N3O2S/c1-12-4-6-17(13(2)8-12)23-21(26)15-9-20(25)24(11-15)16-5-7-19-18(10-16)22-14(3)27-19/h4-8,10,15H,9,11H2,1-3H3,(H,23,26). The Kier molecular flexibility index (Phi) is 4.44. The second-order valence-corrected chi connectivity index (χ2v) is 8.33. The van der Waals surface area contributed by atoms with Crippen LogP contribution in [0, 0.1) is 26.7 Å². The first kappa shape index (κ1) is 17.7. The van der Waals surface area contributed by atoms with Crippen LogP contribution in [-0.4, -0.2) is 23.3 Å². The van der Waals surface area contributed by atoms with Gasteiger partial charge in [0.15, 0.2) is 0 Å². The lowest BCUT2D eigenvalue weighted by molar-refractivity contribution is -0.122. The van der Waals surface area contributed by atoms with Gasteiger partial charge in [-0.15, -0.1) is 11.3 Å². The number of anilines is 2. The fourth-order valence-corrected chi connectivity index (χ4v) is 4.33. The number of nitrogens with zero attached hydrogens (tertiary/aromatic N) is 2. The topological polar surface area (TPSA) is 62.3 Å². The van der Waals surface area contributed by atoms with Gasteiger partial charge in [-0.05, 0) is 50.6 Å². The minimum Gasteiger partial charge on any atom is -0.326 e. The number of nitrogens with one attached hydrogen (secondary N) is 1. The van der Waals surface area contributed by atoms with Crippen LogP contribution in [-0.2, 0) is 9.59 Å². The molecule has 0 saturated carbocycles. The van der Waals surface area contributed by atoms with Crippen LogP contribution in [0.3, 0.4) is 0 Å². The predicted molar refractivity (Wildman–Crippen MR) is 109 cm³/mol. The first-order chi connectivity index (χ1) is 12.9. The van der Waals surface area contributed by atoms with E-state index in [-0.39, 0.29) is 24.2 Å². The van der Waals surface area contributed by atoms with Crippen LogP contribution < -0.4 is 10.2 Å². The second-order valence-electron chi connectivity index (χ2n) is 7.10. The van der Waals surface area contributed by atoms with Crippen molar-refractivity contribution in [1.29, 1.82) is 0 Å². The molecule has 0 radical (unpaired) electrons. The molecule has 1 aromatic heterocycles. The molecule has 0 bridgehead atoms. The third kappa shape index (κ3) is 3.45. The van der Waals surface area contributed by atoms with Gasteiger partial charge in [0.1, 0.15) is 0 Å². The highest BCUT2D eigenvalue weighted by Crippen LogP contribution is 2.30. The lowest BCUT2D eigenvalue weighted by Gasteiger charge is -2.17. The summed E-state index contributed by atoms with van der Waals surface area (Å²) in [6, 6.07) is 11.8. The molecule has 1 unspecified atom stereocenters. The fraction of sp³-hybridized carbons (Fsp3) is 0.286. The van der Waals surface area contributed by atoms with E-state index in [0.29, 0.717) is 6.54 Å². The van der Waals surface area contributed by atoms with Gasteiger partial charge in [-0.2, -0.15) is 0 Å². The van der Waals surface area contributed by atoms with Crippen LogP contribution in [0.2, 0.25) is 0 Å². The van der Waals surface area contributed by atoms with E-state index in [1.807, 2.05) is 57.2 Å². The Hall–Kier alpha value is -2.73. The zero-order chi connectivity index (χ0) is 19.1. The zero-order valence-electron chi connectivity index (χ0n) is 15.6. The van der Waals surface area contributed by atoms with E-state index in [4.69, 9.17) is 0 Å². The lowest BCUT2D eigenvalue weighted by atomic mass is 10.1. The molecular formula is C21H21N3O2S. The highest BCUT2D eigenvalue weighted by molar-refractivity contribution is 7.18. The van der Waals surface area contributed by atoms with Gasteiger partial charge in [-0.25, -0.2) is 4.98 Å². The van der Waals surface area contributed by atoms with Gasteiger partial charge in [0.25, 0.3) is 0 Å². The first-order valence-corrected chi connectivity index (χ1v) is 9.78. The summed E-state index contributed by atoms with van der Waals surface area (Å²) in [5, 5.41) is 3.98. The summed E-state index contributed by atoms with van der Waals surface area (Å²) in [5.74, 6) is -0.489. The highest BCUT2D eigenvalue weighted by atomic mass is 32.1. The largest absolute Gasteiger partial charge is 0.326 e. The number of carbonyl (C=O) groups excluding carboxylic acids is 2. The predicted octanol–water partition coefficient (Wildman–Crippen LogP) is 4.21. The monoisotopic (exact) mass is 379 g/mol. The highest BCUT2D eigenvalue weighted by Gasteiger charge is 2.35. The Bertz CT molecular complexity index is 1060. The van der Waals surface area contributed by atoms with Crippen molar-refractivity contribution in [3.63, 3.8) is 0 Å². The van der Waals surface area contributed by atoms with Gasteiger partial charge in [0.05, 0.1) is 21.1 Å². The van der Waals surface area contributed by atoms with Crippen LogP contribution in [0.25, 0.3) is 10.2 Å². The van der Waals surface area contributed by atoms with E-state index in [1.54, 1.807) is 16.2 Å². The average molecular weight is 379 g/mol. The van der Waals surface area contributed by atoms with Crippen LogP contribution in [0.1, 0.15) is 22.6 Å². The van der Waals surface area contributed by atoms with E-state index in [0.717, 1.165) is 37.7 Å². The molecule has 1 aliphatic rings. The maximum Gasteiger partial charge on any atom is 0.229 e. The molecule has 1 fully saturated rings. The second kappa shape index (κ2) is 6.78. The van der Waals surface area contributed by atoms with Gasteiger partial charge >= 0.3 is 0 Å². The van der Waals surface area contributed by atoms with E-state index in [1.165, 1.54) is 0 Å². The molecule has 2 amide bonds. The normalized spacial score (nSPS) is 16.9. The number of aromatic nitrogens is 1. The molecule has 1 N–H and O–H groups in total. The van der Waals surface area contributed by atoms with Gasteiger partial charge < -0.3 is 10.2 Å². The third-order valence-electron chi connectivity index (χ3n) is 4.93. The summed E-state index contributed by atoms with van der Waals surface area (Å²) in [6.45, 7) is 6.36. The van der Waals surface area contributed by atoms with Gasteiger partial charge in [-0.3, -0.25) is 9.59 Å². The van der Waals surface area contributed by atoms with Crippen LogP contribution in [0.5, 0.6) is 0 Å². The van der Waals surface area contributed by atoms with E-state index < -0.39 is 0 Å². The fourth-order valence-electron chi connectivity index (χ4n) is 3.52. The van der Waals surface area contributed by atoms with Crippen molar-refractivity contribution in [2.24, 2.45) is 5.92 Å². The summed E-state index contributed by atoms with van der Waals surface area (Å²) in [4.78, 5) is 31.4. The minimum absolute atomic E-state index is 0.0259. The number of amides is 2. The maximum atomic E-state index is 12.7. The van der Waals surface area contributed by atoms with Crippen LogP contribution in [0.15, 0.2) is 36.4 Å². The number of aryl methyl sites for hydroxylation is 3. The van der Waals surface area contributed by atoms with Gasteiger partial charge in [0, 0.05) is 24.3 Å². The Morgan fingerprint density at radius 2 is 2.00 bits per heavy atom. The average Bonchev–Trinajstić information content (AvgIpc) is 3.18. The van der Waals surface area contributed by atoms with Crippen molar-refractivity contribution in [2.45, 2.75) is 27.2 Å². The first-order valence-electron chi connectivity index (χ1n) is 8.96. The lowest BCUT2D eigenvalue weighted by Crippen LogP contribution is -2.28. The van der Waals surface area contributed by atoms with Crippen LogP contribution in [0.4, 0.5) is 11.4 Å². The van der Waals surface area contributed by atoms with Crippen molar-refractivity contribution in [2.75, 3.05) is 16.8 Å². The number of hydrogen-bond donors (Lipinski definition) is 1. The summed E-state index contributed by atoms with van der Waals surface area (Å²) in [6.07, 6.45) is 0.227. The number of rotatable bonds is 3. The van der Waals surface area contributed by atoms with Crippen LogP contribution >= 0.6 is 11.3 Å². The summed E-state index contributed by atoms with van der Waals surface area (Å²) < 4.78 is 1.10. The molecular weight excluding hydrogens is 358 g/mol. The SMILES string of the molecule is Cc1ccc(NC(=O)C2CC(=O)N(c3ccc4sc(C)nc4c3)C2)c(C)c1. The zero-order valence-corrected chi connectivity index (χ0v) is 16.4. The van der Waals surface area contributed by atoms with E-state index in [2.05, 4.69) is 10.3 Å². The molecule has 138 valence electrons. The molecule has 2 heterocycles. The quantitative estimate of drug-likeness (QED) is 0.741. The summed E-state index contributed by atoms with van der Waals surface area (Å²) in [7, 11) is 0. The molecule has 2 aromatic carbocycles. The number of benzene rings is 2. The molecule has 0 aliphatic carbocycles. The molecule has 3 aromatic rings. The van der Waals surface area contributed by atoms with E-state index >= 15 is 0 Å². The van der Waals surface area contributed by atoms with Crippen molar-refractivity contribution in [1.82, 2.24) is 4.98 Å². The minimum atomic E-state index is -0.355. The molecule has 27 heavy (non-hydrogen) atoms. The summed E-state index contributed by atoms with van der Waals surface area (Å²) >= 11 is 1.63. The van der Waals surface area contributed by atoms with Crippen molar-refractivity contribution < 1.29 is 9.59 Å². The van der Waals surface area contributed by atoms with Crippen molar-refractivity contribution in [3.05, 3.63) is 52.5 Å². The van der Waals surface area contributed by atoms with Gasteiger partial charge in [0.2, 0.25) is 11.8 Å². The smallest absolute Gasteiger partial charge is 0.229 e. The molecule has 6 heteroatoms. The molecule has 4 rings (SSSR count). The molecule has 1 saturated heterocycles. The Morgan fingerprint density at radius 3 is 2.78 bits per heavy atom. The maximum absolute atomic E-state index is 12.7. The van der Waals surface area contributed by atoms with Crippen molar-refractivity contribution >= 4 is 44.7 Å². The van der Waals surface area contributed by atoms with Crippen molar-refractivity contribution in [3.8, 4) is 0 Å². The Balaban J connectivity index is 1.51. The Morgan fingerprint density at radius 1 is 1.19 bits per heavy atom. The number of fused-ring (bicyclic) bond motifs is 1. The third-order valence-corrected chi connectivity index (χ3v) is 5.88. The number of thiazole rings is 1. The number of hydrogen-bond acceptors (Lipinski definition) is 4. The molecule has 0 spiro atoms. The molecule has 1 aliphatic heterocycles. The molecule has 1 atom stereocenters. The van der Waals surface area contributed by atoms with E-state index in [9.17, 15) is 9.59 Å². The summed E-state index contributed by atoms with van der Waals surface area (Å²) in [5.41, 5.74) is 4.68.